The van der Waals surface area contributed by atoms with Crippen molar-refractivity contribution in [2.45, 2.75) is 63.0 Å². The summed E-state index contributed by atoms with van der Waals surface area (Å²) in [5, 5.41) is 0.693. The molecule has 4 aliphatic carbocycles. The molecule has 1 spiro atoms. The zero-order chi connectivity index (χ0) is 25.5. The average Bonchev–Trinajstić information content (AvgIpc) is 3.31. The molecule has 1 heterocycles. The number of benzene rings is 1. The number of hydrogen-bond donors (Lipinski definition) is 0. The van der Waals surface area contributed by atoms with E-state index in [9.17, 15) is 19.2 Å². The third-order valence-electron chi connectivity index (χ3n) is 9.72. The van der Waals surface area contributed by atoms with Gasteiger partial charge in [-0.2, -0.15) is 0 Å². The van der Waals surface area contributed by atoms with Crippen molar-refractivity contribution in [1.82, 2.24) is 0 Å². The van der Waals surface area contributed by atoms with Gasteiger partial charge in [0.05, 0.1) is 0 Å². The van der Waals surface area contributed by atoms with Gasteiger partial charge in [0.15, 0.2) is 0 Å². The quantitative estimate of drug-likeness (QED) is 0.312. The molecule has 0 N–H and O–H groups in total. The molecule has 1 aromatic carbocycles. The van der Waals surface area contributed by atoms with E-state index in [1.54, 1.807) is 6.92 Å². The molecule has 4 fully saturated rings. The Bertz CT molecular complexity index is 1210. The second-order valence-electron chi connectivity index (χ2n) is 11.1. The Morgan fingerprint density at radius 3 is 2.61 bits per heavy atom. The number of Topliss-reactive ketones (excluding diaryl/α,β-unsaturated/α-hetero) is 1. The van der Waals surface area contributed by atoms with Crippen LogP contribution in [0, 0.1) is 28.6 Å². The summed E-state index contributed by atoms with van der Waals surface area (Å²) >= 11 is 0.102. The van der Waals surface area contributed by atoms with E-state index in [4.69, 9.17) is 14.2 Å². The van der Waals surface area contributed by atoms with Crippen molar-refractivity contribution < 1.29 is 33.4 Å². The van der Waals surface area contributed by atoms with E-state index in [0.717, 1.165) is 17.6 Å². The van der Waals surface area contributed by atoms with Gasteiger partial charge < -0.3 is 0 Å². The molecule has 6 rings (SSSR count). The van der Waals surface area contributed by atoms with Crippen LogP contribution in [-0.4, -0.2) is 57.5 Å². The summed E-state index contributed by atoms with van der Waals surface area (Å²) < 4.78 is 18.5. The number of ether oxygens (including phenoxy) is 3. The molecule has 36 heavy (non-hydrogen) atoms. The van der Waals surface area contributed by atoms with Gasteiger partial charge in [-0.3, -0.25) is 0 Å². The predicted molar refractivity (Wildman–Crippen MR) is 129 cm³/mol. The van der Waals surface area contributed by atoms with Gasteiger partial charge in [0.25, 0.3) is 0 Å². The van der Waals surface area contributed by atoms with Crippen molar-refractivity contribution in [3.63, 3.8) is 0 Å². The minimum atomic E-state index is -1.20. The van der Waals surface area contributed by atoms with Gasteiger partial charge in [-0.25, -0.2) is 0 Å². The number of hydrogen-bond acceptors (Lipinski definition) is 7. The van der Waals surface area contributed by atoms with Crippen LogP contribution >= 0.6 is 0 Å². The molecule has 0 aromatic heterocycles. The molecular weight excluding hydrogens is 527 g/mol. The van der Waals surface area contributed by atoms with Gasteiger partial charge in [-0.1, -0.05) is 0 Å². The number of esters is 3. The third-order valence-corrected chi connectivity index (χ3v) is 11.9. The summed E-state index contributed by atoms with van der Waals surface area (Å²) in [5.41, 5.74) is -1.05. The number of allylic oxidation sites excluding steroid dienone is 2. The summed E-state index contributed by atoms with van der Waals surface area (Å²) in [4.78, 5) is 53.4. The molecule has 7 atom stereocenters. The van der Waals surface area contributed by atoms with Crippen molar-refractivity contribution in [1.29, 1.82) is 0 Å². The number of fused-ring (bicyclic) bond motifs is 1. The Labute approximate surface area is 216 Å². The first-order valence-corrected chi connectivity index (χ1v) is 14.7. The summed E-state index contributed by atoms with van der Waals surface area (Å²) in [6.45, 7) is 3.08. The minimum absolute atomic E-state index is 0.0475. The molecule has 0 unspecified atom stereocenters. The number of ketones is 1. The SMILES string of the molecule is COC(=O)[C@H]1[C@H]2[C@@]3(CC[C@H](OC(C)=O)[C@@]2(C)C(=O)O3)[C@@H]2CCC3=C(C[Se]c4ccccc4)C(=O)[C@@]12C3. The van der Waals surface area contributed by atoms with Gasteiger partial charge in [-0.15, -0.1) is 0 Å². The Balaban J connectivity index is 1.43. The molecule has 1 aromatic rings. The third kappa shape index (κ3) is 2.86. The maximum absolute atomic E-state index is 14.4. The van der Waals surface area contributed by atoms with Crippen LogP contribution in [0.5, 0.6) is 0 Å². The van der Waals surface area contributed by atoms with Gasteiger partial charge >= 0.3 is 217 Å². The second kappa shape index (κ2) is 8.03. The number of carbonyl (C=O) groups is 4. The molecule has 3 saturated carbocycles. The Kier molecular flexibility index (Phi) is 5.34. The summed E-state index contributed by atoms with van der Waals surface area (Å²) in [6, 6.07) is 10.2. The van der Waals surface area contributed by atoms with Crippen LogP contribution in [-0.2, 0) is 33.4 Å². The summed E-state index contributed by atoms with van der Waals surface area (Å²) in [7, 11) is 1.34. The predicted octanol–water partition coefficient (Wildman–Crippen LogP) is 2.55. The molecule has 0 amide bonds. The van der Waals surface area contributed by atoms with E-state index in [-0.39, 0.29) is 26.7 Å². The standard InChI is InChI=1S/C28H30O7Se/c1-15(29)34-20-11-12-28-19-10-9-16-13-27(19,23(30)18(16)14-36-17-7-5-4-6-8-17)21(24(31)33-3)22(28)26(20,2)25(32)35-28/h4-8,19-22H,9-14H2,1-3H3/t19-,20+,21-,22-,26-,27-,28-/m1/s1. The fourth-order valence-electron chi connectivity index (χ4n) is 8.48. The summed E-state index contributed by atoms with van der Waals surface area (Å²) in [5.74, 6) is -2.96. The van der Waals surface area contributed by atoms with Gasteiger partial charge in [-0.05, 0) is 0 Å². The van der Waals surface area contributed by atoms with E-state index in [0.29, 0.717) is 31.0 Å². The number of rotatable bonds is 5. The molecular formula is C28H30O7Se. The second-order valence-corrected chi connectivity index (χ2v) is 13.3. The van der Waals surface area contributed by atoms with Crippen molar-refractivity contribution in [2.75, 3.05) is 7.11 Å². The number of carbonyl (C=O) groups excluding carboxylic acids is 4. The van der Waals surface area contributed by atoms with Crippen LogP contribution < -0.4 is 4.46 Å². The van der Waals surface area contributed by atoms with Crippen LogP contribution in [0.15, 0.2) is 41.5 Å². The number of methoxy groups -OCH3 is 1. The van der Waals surface area contributed by atoms with Crippen molar-refractivity contribution >= 4 is 43.1 Å². The van der Waals surface area contributed by atoms with Gasteiger partial charge in [0.2, 0.25) is 0 Å². The Hall–Kier alpha value is -2.44. The Morgan fingerprint density at radius 2 is 1.92 bits per heavy atom. The van der Waals surface area contributed by atoms with Crippen molar-refractivity contribution in [3.8, 4) is 0 Å². The van der Waals surface area contributed by atoms with E-state index >= 15 is 0 Å². The molecule has 190 valence electrons. The first kappa shape index (κ1) is 23.9. The van der Waals surface area contributed by atoms with E-state index in [2.05, 4.69) is 12.1 Å². The molecule has 7 nitrogen and oxygen atoms in total. The molecule has 4 bridgehead atoms. The topological polar surface area (TPSA) is 96.0 Å². The van der Waals surface area contributed by atoms with Gasteiger partial charge in [0, 0.05) is 0 Å². The average molecular weight is 558 g/mol. The summed E-state index contributed by atoms with van der Waals surface area (Å²) in [6.07, 6.45) is 2.26. The fourth-order valence-corrected chi connectivity index (χ4v) is 10.6. The van der Waals surface area contributed by atoms with Crippen LogP contribution in [0.25, 0.3) is 0 Å². The first-order chi connectivity index (χ1) is 17.2. The van der Waals surface area contributed by atoms with Crippen molar-refractivity contribution in [2.24, 2.45) is 28.6 Å². The molecule has 1 saturated heterocycles. The normalized spacial score (nSPS) is 40.0. The molecule has 5 aliphatic rings. The zero-order valence-corrected chi connectivity index (χ0v) is 22.4. The monoisotopic (exact) mass is 558 g/mol. The van der Waals surface area contributed by atoms with Gasteiger partial charge in [0.1, 0.15) is 0 Å². The van der Waals surface area contributed by atoms with Crippen LogP contribution in [0.4, 0.5) is 0 Å². The van der Waals surface area contributed by atoms with Crippen LogP contribution in [0.2, 0.25) is 5.32 Å². The van der Waals surface area contributed by atoms with E-state index < -0.39 is 52.3 Å². The molecule has 0 radical (unpaired) electrons. The fraction of sp³-hybridized carbons (Fsp3) is 0.571. The van der Waals surface area contributed by atoms with E-state index in [1.165, 1.54) is 18.5 Å². The molecule has 8 heteroatoms. The zero-order valence-electron chi connectivity index (χ0n) is 20.7. The molecule has 1 aliphatic heterocycles. The van der Waals surface area contributed by atoms with Crippen molar-refractivity contribution in [3.05, 3.63) is 41.5 Å². The maximum atomic E-state index is 14.4. The van der Waals surface area contributed by atoms with Crippen LogP contribution in [0.3, 0.4) is 0 Å². The van der Waals surface area contributed by atoms with E-state index in [1.807, 2.05) is 18.2 Å². The first-order valence-electron chi connectivity index (χ1n) is 12.6. The Morgan fingerprint density at radius 1 is 1.17 bits per heavy atom. The van der Waals surface area contributed by atoms with Crippen LogP contribution in [0.1, 0.15) is 46.0 Å².